The Morgan fingerprint density at radius 2 is 1.41 bits per heavy atom. The Morgan fingerprint density at radius 3 is 2.30 bits per heavy atom. The number of benzene rings is 4. The van der Waals surface area contributed by atoms with Crippen molar-refractivity contribution in [2.45, 2.75) is 11.3 Å². The summed E-state index contributed by atoms with van der Waals surface area (Å²) in [7, 11) is -3.64. The van der Waals surface area contributed by atoms with Crippen molar-refractivity contribution >= 4 is 26.5 Å². The third-order valence-electron chi connectivity index (χ3n) is 5.08. The zero-order chi connectivity index (χ0) is 18.4. The predicted octanol–water partition coefficient (Wildman–Crippen LogP) is 5.21. The minimum Gasteiger partial charge on any atom is -0.280 e. The lowest BCUT2D eigenvalue weighted by Crippen LogP contribution is -2.13. The van der Waals surface area contributed by atoms with Gasteiger partial charge in [-0.3, -0.25) is 4.72 Å². The van der Waals surface area contributed by atoms with Crippen molar-refractivity contribution in [1.29, 1.82) is 0 Å². The molecular formula is C23H17NO2S. The molecule has 0 amide bonds. The molecule has 4 aromatic carbocycles. The maximum Gasteiger partial charge on any atom is 0.261 e. The molecule has 1 N–H and O–H groups in total. The first-order valence-corrected chi connectivity index (χ1v) is 10.3. The molecule has 0 saturated carbocycles. The van der Waals surface area contributed by atoms with Gasteiger partial charge in [0.1, 0.15) is 0 Å². The first-order valence-electron chi connectivity index (χ1n) is 8.83. The molecule has 4 aromatic rings. The summed E-state index contributed by atoms with van der Waals surface area (Å²) in [5.41, 5.74) is 5.43. The summed E-state index contributed by atoms with van der Waals surface area (Å²) in [6.07, 6.45) is 0.830. The molecule has 0 heterocycles. The van der Waals surface area contributed by atoms with E-state index in [1.54, 1.807) is 12.1 Å². The van der Waals surface area contributed by atoms with E-state index in [0.29, 0.717) is 5.69 Å². The molecule has 27 heavy (non-hydrogen) atoms. The molecule has 4 heteroatoms. The predicted molar refractivity (Wildman–Crippen MR) is 109 cm³/mol. The summed E-state index contributed by atoms with van der Waals surface area (Å²) in [4.78, 5) is 0.269. The van der Waals surface area contributed by atoms with Gasteiger partial charge in [-0.25, -0.2) is 8.42 Å². The summed E-state index contributed by atoms with van der Waals surface area (Å²) in [5, 5.41) is 1.93. The summed E-state index contributed by atoms with van der Waals surface area (Å²) in [6, 6.07) is 27.0. The van der Waals surface area contributed by atoms with E-state index < -0.39 is 10.0 Å². The van der Waals surface area contributed by atoms with Gasteiger partial charge in [0, 0.05) is 5.69 Å². The molecule has 0 atom stereocenters. The van der Waals surface area contributed by atoms with Crippen LogP contribution in [-0.2, 0) is 16.4 Å². The fraction of sp³-hybridized carbons (Fsp3) is 0.0435. The first-order chi connectivity index (χ1) is 13.1. The summed E-state index contributed by atoms with van der Waals surface area (Å²) >= 11 is 0. The third-order valence-corrected chi connectivity index (χ3v) is 6.46. The number of fused-ring (bicyclic) bond motifs is 4. The normalized spacial score (nSPS) is 12.6. The van der Waals surface area contributed by atoms with E-state index in [1.807, 2.05) is 60.7 Å². The molecule has 0 bridgehead atoms. The second kappa shape index (κ2) is 5.96. The van der Waals surface area contributed by atoms with Crippen molar-refractivity contribution < 1.29 is 8.42 Å². The quantitative estimate of drug-likeness (QED) is 0.473. The van der Waals surface area contributed by atoms with Crippen LogP contribution < -0.4 is 4.72 Å². The maximum absolute atomic E-state index is 12.9. The number of hydrogen-bond donors (Lipinski definition) is 1. The van der Waals surface area contributed by atoms with Crippen LogP contribution >= 0.6 is 0 Å². The summed E-state index contributed by atoms with van der Waals surface area (Å²) < 4.78 is 28.4. The van der Waals surface area contributed by atoms with Crippen molar-refractivity contribution in [2.24, 2.45) is 0 Å². The topological polar surface area (TPSA) is 46.2 Å². The van der Waals surface area contributed by atoms with Gasteiger partial charge in [-0.2, -0.15) is 0 Å². The standard InChI is InChI=1S/C23H17NO2S/c25-27(26,21-11-9-16-5-1-2-6-17(16)15-21)24-20-10-12-23-19(14-20)13-18-7-3-4-8-22(18)23/h1-12,14-15,24H,13H2. The van der Waals surface area contributed by atoms with Gasteiger partial charge in [-0.15, -0.1) is 0 Å². The molecule has 0 unspecified atom stereocenters. The third kappa shape index (κ3) is 2.78. The molecule has 0 saturated heterocycles. The van der Waals surface area contributed by atoms with Gasteiger partial charge in [0.05, 0.1) is 4.90 Å². The van der Waals surface area contributed by atoms with Crippen LogP contribution in [0.1, 0.15) is 11.1 Å². The van der Waals surface area contributed by atoms with Crippen LogP contribution in [0.25, 0.3) is 21.9 Å². The van der Waals surface area contributed by atoms with Crippen LogP contribution in [0, 0.1) is 0 Å². The van der Waals surface area contributed by atoms with Crippen LogP contribution in [0.3, 0.4) is 0 Å². The van der Waals surface area contributed by atoms with Gasteiger partial charge >= 0.3 is 0 Å². The molecule has 1 aliphatic carbocycles. The fourth-order valence-electron chi connectivity index (χ4n) is 3.76. The molecular weight excluding hydrogens is 354 g/mol. The Hall–Kier alpha value is -3.11. The summed E-state index contributed by atoms with van der Waals surface area (Å²) in [5.74, 6) is 0. The van der Waals surface area contributed by atoms with Crippen LogP contribution in [0.15, 0.2) is 89.8 Å². The lowest BCUT2D eigenvalue weighted by Gasteiger charge is -2.10. The fourth-order valence-corrected chi connectivity index (χ4v) is 4.84. The highest BCUT2D eigenvalue weighted by Gasteiger charge is 2.20. The molecule has 132 valence electrons. The maximum atomic E-state index is 12.9. The number of rotatable bonds is 3. The number of nitrogens with one attached hydrogen (secondary N) is 1. The van der Waals surface area contributed by atoms with Gasteiger partial charge in [-0.05, 0) is 63.7 Å². The van der Waals surface area contributed by atoms with E-state index in [2.05, 4.69) is 16.9 Å². The van der Waals surface area contributed by atoms with E-state index >= 15 is 0 Å². The molecule has 0 radical (unpaired) electrons. The Labute approximate surface area is 158 Å². The number of hydrogen-bond acceptors (Lipinski definition) is 2. The largest absolute Gasteiger partial charge is 0.280 e. The zero-order valence-electron chi connectivity index (χ0n) is 14.5. The van der Waals surface area contributed by atoms with Crippen molar-refractivity contribution in [2.75, 3.05) is 4.72 Å². The zero-order valence-corrected chi connectivity index (χ0v) is 15.3. The van der Waals surface area contributed by atoms with Crippen molar-refractivity contribution in [3.05, 3.63) is 96.1 Å². The van der Waals surface area contributed by atoms with Crippen molar-refractivity contribution in [1.82, 2.24) is 0 Å². The average molecular weight is 371 g/mol. The number of sulfonamides is 1. The molecule has 5 rings (SSSR count). The molecule has 0 fully saturated rings. The first kappa shape index (κ1) is 16.1. The average Bonchev–Trinajstić information content (AvgIpc) is 3.05. The van der Waals surface area contributed by atoms with E-state index in [-0.39, 0.29) is 4.90 Å². The molecule has 0 aliphatic heterocycles. The minimum atomic E-state index is -3.64. The van der Waals surface area contributed by atoms with Gasteiger partial charge in [0.15, 0.2) is 0 Å². The molecule has 0 aromatic heterocycles. The van der Waals surface area contributed by atoms with Crippen molar-refractivity contribution in [3.8, 4) is 11.1 Å². The van der Waals surface area contributed by atoms with Crippen LogP contribution in [0.2, 0.25) is 0 Å². The Balaban J connectivity index is 1.48. The second-order valence-electron chi connectivity index (χ2n) is 6.82. The van der Waals surface area contributed by atoms with Crippen molar-refractivity contribution in [3.63, 3.8) is 0 Å². The van der Waals surface area contributed by atoms with E-state index in [1.165, 1.54) is 16.7 Å². The number of anilines is 1. The van der Waals surface area contributed by atoms with Crippen LogP contribution in [0.5, 0.6) is 0 Å². The molecule has 1 aliphatic rings. The second-order valence-corrected chi connectivity index (χ2v) is 8.50. The Morgan fingerprint density at radius 1 is 0.667 bits per heavy atom. The highest BCUT2D eigenvalue weighted by atomic mass is 32.2. The van der Waals surface area contributed by atoms with E-state index in [4.69, 9.17) is 0 Å². The van der Waals surface area contributed by atoms with Crippen LogP contribution in [-0.4, -0.2) is 8.42 Å². The Bertz CT molecular complexity index is 1290. The lowest BCUT2D eigenvalue weighted by atomic mass is 10.1. The minimum absolute atomic E-state index is 0.269. The highest BCUT2D eigenvalue weighted by molar-refractivity contribution is 7.92. The molecule has 3 nitrogen and oxygen atoms in total. The van der Waals surface area contributed by atoms with Gasteiger partial charge in [-0.1, -0.05) is 60.7 Å². The van der Waals surface area contributed by atoms with E-state index in [9.17, 15) is 8.42 Å². The lowest BCUT2D eigenvalue weighted by molar-refractivity contribution is 0.601. The monoisotopic (exact) mass is 371 g/mol. The van der Waals surface area contributed by atoms with Gasteiger partial charge < -0.3 is 0 Å². The van der Waals surface area contributed by atoms with Gasteiger partial charge in [0.25, 0.3) is 10.0 Å². The molecule has 0 spiro atoms. The smallest absolute Gasteiger partial charge is 0.261 e. The highest BCUT2D eigenvalue weighted by Crippen LogP contribution is 2.37. The van der Waals surface area contributed by atoms with Crippen LogP contribution in [0.4, 0.5) is 5.69 Å². The SMILES string of the molecule is O=S(=O)(Nc1ccc2c(c1)Cc1ccccc1-2)c1ccc2ccccc2c1. The Kier molecular flexibility index (Phi) is 3.55. The van der Waals surface area contributed by atoms with Gasteiger partial charge in [0.2, 0.25) is 0 Å². The van der Waals surface area contributed by atoms with E-state index in [0.717, 1.165) is 22.8 Å². The summed E-state index contributed by atoms with van der Waals surface area (Å²) in [6.45, 7) is 0.